The van der Waals surface area contributed by atoms with E-state index in [2.05, 4.69) is 10.1 Å². The number of hydrogen-bond acceptors (Lipinski definition) is 5. The zero-order valence-corrected chi connectivity index (χ0v) is 10.7. The summed E-state index contributed by atoms with van der Waals surface area (Å²) < 4.78 is 18.0. The van der Waals surface area contributed by atoms with Gasteiger partial charge in [-0.15, -0.1) is 0 Å². The lowest BCUT2D eigenvalue weighted by Gasteiger charge is -2.06. The van der Waals surface area contributed by atoms with Gasteiger partial charge in [-0.1, -0.05) is 0 Å². The summed E-state index contributed by atoms with van der Waals surface area (Å²) in [6.45, 7) is 1.84. The van der Waals surface area contributed by atoms with Crippen molar-refractivity contribution in [3.05, 3.63) is 34.1 Å². The van der Waals surface area contributed by atoms with Gasteiger partial charge in [0.1, 0.15) is 5.82 Å². The van der Waals surface area contributed by atoms with E-state index in [1.807, 2.05) is 0 Å². The van der Waals surface area contributed by atoms with Gasteiger partial charge in [0, 0.05) is 18.6 Å². The van der Waals surface area contributed by atoms with Gasteiger partial charge in [0.15, 0.2) is 0 Å². The van der Waals surface area contributed by atoms with E-state index in [-0.39, 0.29) is 30.8 Å². The number of carbonyl (C=O) groups excluding carboxylic acids is 2. The number of nitro benzene ring substituents is 1. The van der Waals surface area contributed by atoms with Gasteiger partial charge in [-0.3, -0.25) is 19.7 Å². The van der Waals surface area contributed by atoms with Crippen LogP contribution in [0.1, 0.15) is 19.8 Å². The highest BCUT2D eigenvalue weighted by Crippen LogP contribution is 2.21. The Balaban J connectivity index is 2.63. The third kappa shape index (κ3) is 4.63. The molecule has 0 saturated carbocycles. The fourth-order valence-corrected chi connectivity index (χ4v) is 1.38. The molecule has 0 aliphatic heterocycles. The molecule has 1 aromatic carbocycles. The van der Waals surface area contributed by atoms with Crippen molar-refractivity contribution in [1.29, 1.82) is 0 Å². The Morgan fingerprint density at radius 2 is 2.10 bits per heavy atom. The zero-order chi connectivity index (χ0) is 15.1. The number of anilines is 1. The molecule has 7 nitrogen and oxygen atoms in total. The third-order valence-electron chi connectivity index (χ3n) is 2.30. The van der Waals surface area contributed by atoms with Crippen molar-refractivity contribution < 1.29 is 23.6 Å². The second-order valence-electron chi connectivity index (χ2n) is 3.77. The Morgan fingerprint density at radius 3 is 2.70 bits per heavy atom. The van der Waals surface area contributed by atoms with Crippen molar-refractivity contribution in [2.24, 2.45) is 0 Å². The maximum absolute atomic E-state index is 13.4. The summed E-state index contributed by atoms with van der Waals surface area (Å²) in [7, 11) is 0. The van der Waals surface area contributed by atoms with Gasteiger partial charge in [-0.05, 0) is 13.0 Å². The van der Waals surface area contributed by atoms with Crippen LogP contribution in [0.3, 0.4) is 0 Å². The zero-order valence-electron chi connectivity index (χ0n) is 10.7. The minimum Gasteiger partial charge on any atom is -0.466 e. The van der Waals surface area contributed by atoms with Crippen LogP contribution < -0.4 is 5.32 Å². The molecule has 0 heterocycles. The van der Waals surface area contributed by atoms with Gasteiger partial charge in [0.05, 0.1) is 23.6 Å². The SMILES string of the molecule is CCOC(=O)CCC(=O)Nc1cc([N+](=O)[O-])ccc1F. The Labute approximate surface area is 113 Å². The Kier molecular flexibility index (Phi) is 5.57. The standard InChI is InChI=1S/C12H13FN2O5/c1-2-20-12(17)6-5-11(16)14-10-7-8(15(18)19)3-4-9(10)13/h3-4,7H,2,5-6H2,1H3,(H,14,16). The molecule has 0 bridgehead atoms. The molecule has 0 aliphatic carbocycles. The van der Waals surface area contributed by atoms with Crippen LogP contribution >= 0.6 is 0 Å². The molecule has 1 amide bonds. The molecule has 1 rings (SSSR count). The van der Waals surface area contributed by atoms with Crippen LogP contribution in [0.25, 0.3) is 0 Å². The molecule has 0 radical (unpaired) electrons. The number of ether oxygens (including phenoxy) is 1. The molecule has 0 fully saturated rings. The molecular weight excluding hydrogens is 271 g/mol. The van der Waals surface area contributed by atoms with Crippen LogP contribution in [-0.2, 0) is 14.3 Å². The molecule has 0 aliphatic rings. The first-order valence-corrected chi connectivity index (χ1v) is 5.83. The first kappa shape index (κ1) is 15.5. The predicted octanol–water partition coefficient (Wildman–Crippen LogP) is 2.02. The number of benzene rings is 1. The first-order valence-electron chi connectivity index (χ1n) is 5.83. The summed E-state index contributed by atoms with van der Waals surface area (Å²) >= 11 is 0. The van der Waals surface area contributed by atoms with Crippen molar-refractivity contribution in [2.75, 3.05) is 11.9 Å². The molecule has 1 aromatic rings. The van der Waals surface area contributed by atoms with Crippen molar-refractivity contribution in [2.45, 2.75) is 19.8 Å². The monoisotopic (exact) mass is 284 g/mol. The van der Waals surface area contributed by atoms with Gasteiger partial charge in [-0.25, -0.2) is 4.39 Å². The number of esters is 1. The maximum atomic E-state index is 13.4. The number of nitrogens with one attached hydrogen (secondary N) is 1. The number of non-ortho nitro benzene ring substituents is 1. The van der Waals surface area contributed by atoms with Crippen molar-refractivity contribution >= 4 is 23.3 Å². The van der Waals surface area contributed by atoms with Crippen LogP contribution in [0, 0.1) is 15.9 Å². The average Bonchev–Trinajstić information content (AvgIpc) is 2.39. The second-order valence-corrected chi connectivity index (χ2v) is 3.77. The van der Waals surface area contributed by atoms with Crippen molar-refractivity contribution in [1.82, 2.24) is 0 Å². The molecule has 0 saturated heterocycles. The minimum atomic E-state index is -0.792. The second kappa shape index (κ2) is 7.17. The summed E-state index contributed by atoms with van der Waals surface area (Å²) in [6.07, 6.45) is -0.336. The Hall–Kier alpha value is -2.51. The number of amides is 1. The molecule has 0 atom stereocenters. The van der Waals surface area contributed by atoms with E-state index < -0.39 is 22.6 Å². The summed E-state index contributed by atoms with van der Waals surface area (Å²) in [6, 6.07) is 2.79. The van der Waals surface area contributed by atoms with Crippen LogP contribution in [0.2, 0.25) is 0 Å². The summed E-state index contributed by atoms with van der Waals surface area (Å²) in [5.41, 5.74) is -0.639. The fourth-order valence-electron chi connectivity index (χ4n) is 1.38. The maximum Gasteiger partial charge on any atom is 0.306 e. The molecule has 20 heavy (non-hydrogen) atoms. The number of rotatable bonds is 6. The lowest BCUT2D eigenvalue weighted by atomic mass is 10.2. The highest BCUT2D eigenvalue weighted by atomic mass is 19.1. The van der Waals surface area contributed by atoms with E-state index in [1.165, 1.54) is 0 Å². The van der Waals surface area contributed by atoms with Gasteiger partial charge in [0.2, 0.25) is 5.91 Å². The Morgan fingerprint density at radius 1 is 1.40 bits per heavy atom. The van der Waals surface area contributed by atoms with Gasteiger partial charge in [-0.2, -0.15) is 0 Å². The van der Waals surface area contributed by atoms with Crippen LogP contribution in [0.4, 0.5) is 15.8 Å². The molecule has 0 aromatic heterocycles. The van der Waals surface area contributed by atoms with Gasteiger partial charge in [0.25, 0.3) is 5.69 Å². The summed E-state index contributed by atoms with van der Waals surface area (Å²) in [5, 5.41) is 12.7. The predicted molar refractivity (Wildman–Crippen MR) is 67.6 cm³/mol. The smallest absolute Gasteiger partial charge is 0.306 e. The summed E-state index contributed by atoms with van der Waals surface area (Å²) in [4.78, 5) is 32.4. The van der Waals surface area contributed by atoms with Crippen molar-refractivity contribution in [3.63, 3.8) is 0 Å². The molecule has 1 N–H and O–H groups in total. The Bertz CT molecular complexity index is 533. The van der Waals surface area contributed by atoms with Gasteiger partial charge >= 0.3 is 5.97 Å². The molecule has 8 heteroatoms. The van der Waals surface area contributed by atoms with Crippen molar-refractivity contribution in [3.8, 4) is 0 Å². The average molecular weight is 284 g/mol. The summed E-state index contributed by atoms with van der Waals surface area (Å²) in [5.74, 6) is -1.96. The highest BCUT2D eigenvalue weighted by molar-refractivity contribution is 5.93. The number of halogens is 1. The number of nitrogens with zero attached hydrogens (tertiary/aromatic N) is 1. The largest absolute Gasteiger partial charge is 0.466 e. The molecule has 108 valence electrons. The number of carbonyl (C=O) groups is 2. The highest BCUT2D eigenvalue weighted by Gasteiger charge is 2.14. The first-order chi connectivity index (χ1) is 9.43. The van der Waals surface area contributed by atoms with Gasteiger partial charge < -0.3 is 10.1 Å². The van der Waals surface area contributed by atoms with Crippen LogP contribution in [-0.4, -0.2) is 23.4 Å². The molecule has 0 unspecified atom stereocenters. The quantitative estimate of drug-likeness (QED) is 0.489. The fraction of sp³-hybridized carbons (Fsp3) is 0.333. The van der Waals surface area contributed by atoms with Crippen LogP contribution in [0.5, 0.6) is 0 Å². The van der Waals surface area contributed by atoms with E-state index in [0.717, 1.165) is 18.2 Å². The number of nitro groups is 1. The van der Waals surface area contributed by atoms with E-state index >= 15 is 0 Å². The normalized spacial score (nSPS) is 9.90. The van der Waals surface area contributed by atoms with E-state index in [1.54, 1.807) is 6.92 Å². The third-order valence-corrected chi connectivity index (χ3v) is 2.30. The lowest BCUT2D eigenvalue weighted by molar-refractivity contribution is -0.384. The van der Waals surface area contributed by atoms with Crippen LogP contribution in [0.15, 0.2) is 18.2 Å². The number of hydrogen-bond donors (Lipinski definition) is 1. The van der Waals surface area contributed by atoms with E-state index in [4.69, 9.17) is 0 Å². The molecular formula is C12H13FN2O5. The van der Waals surface area contributed by atoms with E-state index in [9.17, 15) is 24.1 Å². The molecule has 0 spiro atoms. The topological polar surface area (TPSA) is 98.5 Å². The lowest BCUT2D eigenvalue weighted by Crippen LogP contribution is -2.15. The van der Waals surface area contributed by atoms with E-state index in [0.29, 0.717) is 0 Å². The minimum absolute atomic E-state index is 0.143.